The maximum atomic E-state index is 4.25. The smallest absolute Gasteiger partial charge is 0.147 e. The van der Waals surface area contributed by atoms with E-state index in [1.165, 1.54) is 5.56 Å². The fourth-order valence-corrected chi connectivity index (χ4v) is 1.53. The van der Waals surface area contributed by atoms with Crippen molar-refractivity contribution in [3.05, 3.63) is 46.0 Å². The second-order valence-electron chi connectivity index (χ2n) is 3.13. The highest BCUT2D eigenvalue weighted by molar-refractivity contribution is 9.10. The van der Waals surface area contributed by atoms with Crippen LogP contribution in [0.1, 0.15) is 17.2 Å². The molecule has 0 fully saturated rings. The van der Waals surface area contributed by atoms with Gasteiger partial charge in [0.05, 0.1) is 0 Å². The summed E-state index contributed by atoms with van der Waals surface area (Å²) in [5.41, 5.74) is 1.23. The van der Waals surface area contributed by atoms with E-state index >= 15 is 0 Å². The summed E-state index contributed by atoms with van der Waals surface area (Å²) in [5.74, 6) is 1.70. The van der Waals surface area contributed by atoms with E-state index in [0.29, 0.717) is 0 Å². The van der Waals surface area contributed by atoms with Gasteiger partial charge in [-0.1, -0.05) is 28.1 Å². The van der Waals surface area contributed by atoms with Gasteiger partial charge in [0.2, 0.25) is 0 Å². The molecule has 14 heavy (non-hydrogen) atoms. The first-order valence-electron chi connectivity index (χ1n) is 4.36. The van der Waals surface area contributed by atoms with Crippen LogP contribution in [-0.2, 0) is 6.42 Å². The average molecular weight is 252 g/mol. The van der Waals surface area contributed by atoms with Crippen LogP contribution in [0.3, 0.4) is 0 Å². The van der Waals surface area contributed by atoms with Crippen LogP contribution < -0.4 is 0 Å². The molecule has 3 nitrogen and oxygen atoms in total. The number of rotatable bonds is 2. The van der Waals surface area contributed by atoms with E-state index in [9.17, 15) is 0 Å². The zero-order valence-corrected chi connectivity index (χ0v) is 9.37. The van der Waals surface area contributed by atoms with E-state index in [0.717, 1.165) is 22.5 Å². The molecule has 0 amide bonds. The summed E-state index contributed by atoms with van der Waals surface area (Å²) in [5, 5.41) is 6.88. The van der Waals surface area contributed by atoms with Gasteiger partial charge in [-0.25, -0.2) is 4.98 Å². The van der Waals surface area contributed by atoms with Gasteiger partial charge in [0.15, 0.2) is 0 Å². The van der Waals surface area contributed by atoms with E-state index in [-0.39, 0.29) is 0 Å². The molecule has 0 aliphatic rings. The van der Waals surface area contributed by atoms with Crippen molar-refractivity contribution in [2.45, 2.75) is 13.3 Å². The van der Waals surface area contributed by atoms with Crippen molar-refractivity contribution in [1.82, 2.24) is 15.2 Å². The molecule has 0 aliphatic heterocycles. The Labute approximate surface area is 90.7 Å². The second kappa shape index (κ2) is 3.92. The minimum Gasteiger partial charge on any atom is -0.263 e. The molecule has 0 saturated carbocycles. The Hall–Kier alpha value is -1.16. The van der Waals surface area contributed by atoms with Crippen molar-refractivity contribution in [2.75, 3.05) is 0 Å². The summed E-state index contributed by atoms with van der Waals surface area (Å²) < 4.78 is 1.09. The molecule has 0 bridgehead atoms. The molecule has 0 spiro atoms. The number of H-pyrrole nitrogens is 1. The van der Waals surface area contributed by atoms with Crippen LogP contribution in [0.15, 0.2) is 28.7 Å². The summed E-state index contributed by atoms with van der Waals surface area (Å²) in [6.07, 6.45) is 0.800. The summed E-state index contributed by atoms with van der Waals surface area (Å²) in [6, 6.07) is 8.20. The number of hydrogen-bond acceptors (Lipinski definition) is 2. The number of nitrogens with one attached hydrogen (secondary N) is 1. The molecule has 72 valence electrons. The standard InChI is InChI=1S/C10H10BrN3/c1-7-12-10(14-13-7)6-8-2-4-9(11)5-3-8/h2-5H,6H2,1H3,(H,12,13,14). The van der Waals surface area contributed by atoms with Gasteiger partial charge in [-0.3, -0.25) is 5.10 Å². The molecule has 4 heteroatoms. The van der Waals surface area contributed by atoms with Crippen LogP contribution in [0.4, 0.5) is 0 Å². The molecular weight excluding hydrogens is 242 g/mol. The molecule has 1 N–H and O–H groups in total. The number of halogens is 1. The summed E-state index contributed by atoms with van der Waals surface area (Å²) in [6.45, 7) is 1.88. The molecule has 1 aromatic carbocycles. The zero-order chi connectivity index (χ0) is 9.97. The van der Waals surface area contributed by atoms with E-state index in [2.05, 4.69) is 43.2 Å². The predicted molar refractivity (Wildman–Crippen MR) is 58.1 cm³/mol. The molecule has 0 saturated heterocycles. The molecular formula is C10H10BrN3. The molecule has 0 atom stereocenters. The lowest BCUT2D eigenvalue weighted by Gasteiger charge is -1.97. The minimum absolute atomic E-state index is 0.789. The van der Waals surface area contributed by atoms with Crippen molar-refractivity contribution in [2.24, 2.45) is 0 Å². The zero-order valence-electron chi connectivity index (χ0n) is 7.79. The maximum absolute atomic E-state index is 4.25. The second-order valence-corrected chi connectivity index (χ2v) is 4.05. The van der Waals surface area contributed by atoms with E-state index < -0.39 is 0 Å². The van der Waals surface area contributed by atoms with Crippen LogP contribution in [0.5, 0.6) is 0 Å². The van der Waals surface area contributed by atoms with Crippen LogP contribution in [-0.4, -0.2) is 15.2 Å². The van der Waals surface area contributed by atoms with Crippen LogP contribution in [0, 0.1) is 6.92 Å². The first-order valence-corrected chi connectivity index (χ1v) is 5.15. The molecule has 0 unspecified atom stereocenters. The van der Waals surface area contributed by atoms with Gasteiger partial charge in [-0.05, 0) is 24.6 Å². The summed E-state index contributed by atoms with van der Waals surface area (Å²) in [4.78, 5) is 4.25. The molecule has 0 radical (unpaired) electrons. The van der Waals surface area contributed by atoms with Crippen molar-refractivity contribution in [3.8, 4) is 0 Å². The maximum Gasteiger partial charge on any atom is 0.147 e. The number of aromatic amines is 1. The Kier molecular flexibility index (Phi) is 2.63. The van der Waals surface area contributed by atoms with Gasteiger partial charge in [-0.15, -0.1) is 0 Å². The quantitative estimate of drug-likeness (QED) is 0.891. The highest BCUT2D eigenvalue weighted by atomic mass is 79.9. The summed E-state index contributed by atoms with van der Waals surface area (Å²) >= 11 is 3.40. The lowest BCUT2D eigenvalue weighted by atomic mass is 10.1. The number of aryl methyl sites for hydroxylation is 1. The van der Waals surface area contributed by atoms with E-state index in [1.54, 1.807) is 0 Å². The third-order valence-corrected chi connectivity index (χ3v) is 2.46. The molecule has 1 aromatic heterocycles. The molecule has 1 heterocycles. The number of nitrogens with zero attached hydrogens (tertiary/aromatic N) is 2. The van der Waals surface area contributed by atoms with Gasteiger partial charge in [0.25, 0.3) is 0 Å². The first-order chi connectivity index (χ1) is 6.74. The Morgan fingerprint density at radius 2 is 2.00 bits per heavy atom. The van der Waals surface area contributed by atoms with Crippen molar-refractivity contribution in [3.63, 3.8) is 0 Å². The lowest BCUT2D eigenvalue weighted by Crippen LogP contribution is -1.90. The van der Waals surface area contributed by atoms with Gasteiger partial charge in [-0.2, -0.15) is 5.10 Å². The van der Waals surface area contributed by atoms with Crippen LogP contribution >= 0.6 is 15.9 Å². The third kappa shape index (κ3) is 2.20. The highest BCUT2D eigenvalue weighted by Gasteiger charge is 2.00. The fraction of sp³-hybridized carbons (Fsp3) is 0.200. The van der Waals surface area contributed by atoms with Gasteiger partial charge in [0, 0.05) is 10.9 Å². The summed E-state index contributed by atoms with van der Waals surface area (Å²) in [7, 11) is 0. The monoisotopic (exact) mass is 251 g/mol. The SMILES string of the molecule is Cc1n[nH]c(Cc2ccc(Br)cc2)n1. The number of benzene rings is 1. The average Bonchev–Trinajstić information content (AvgIpc) is 2.56. The Morgan fingerprint density at radius 3 is 2.57 bits per heavy atom. The van der Waals surface area contributed by atoms with Gasteiger partial charge in [0.1, 0.15) is 11.6 Å². The fourth-order valence-electron chi connectivity index (χ4n) is 1.27. The van der Waals surface area contributed by atoms with Crippen LogP contribution in [0.2, 0.25) is 0 Å². The lowest BCUT2D eigenvalue weighted by molar-refractivity contribution is 0.969. The Balaban J connectivity index is 2.15. The first kappa shape index (κ1) is 9.40. The minimum atomic E-state index is 0.789. The molecule has 0 aliphatic carbocycles. The van der Waals surface area contributed by atoms with E-state index in [4.69, 9.17) is 0 Å². The normalized spacial score (nSPS) is 10.4. The molecule has 2 rings (SSSR count). The topological polar surface area (TPSA) is 41.6 Å². The number of hydrogen-bond donors (Lipinski definition) is 1. The van der Waals surface area contributed by atoms with Gasteiger partial charge >= 0.3 is 0 Å². The van der Waals surface area contributed by atoms with Gasteiger partial charge < -0.3 is 0 Å². The van der Waals surface area contributed by atoms with Crippen LogP contribution in [0.25, 0.3) is 0 Å². The highest BCUT2D eigenvalue weighted by Crippen LogP contribution is 2.12. The van der Waals surface area contributed by atoms with Crippen molar-refractivity contribution < 1.29 is 0 Å². The Morgan fingerprint density at radius 1 is 1.29 bits per heavy atom. The van der Waals surface area contributed by atoms with Crippen molar-refractivity contribution in [1.29, 1.82) is 0 Å². The third-order valence-electron chi connectivity index (χ3n) is 1.93. The van der Waals surface area contributed by atoms with Crippen molar-refractivity contribution >= 4 is 15.9 Å². The molecule has 2 aromatic rings. The largest absolute Gasteiger partial charge is 0.263 e. The number of aromatic nitrogens is 3. The Bertz CT molecular complexity index is 419. The van der Waals surface area contributed by atoms with E-state index in [1.807, 2.05) is 19.1 Å². The predicted octanol–water partition coefficient (Wildman–Crippen LogP) is 2.47.